The summed E-state index contributed by atoms with van der Waals surface area (Å²) in [7, 11) is 4.63. The third-order valence-corrected chi connectivity index (χ3v) is 4.90. The first-order chi connectivity index (χ1) is 15.6. The van der Waals surface area contributed by atoms with Crippen LogP contribution in [0.2, 0.25) is 0 Å². The van der Waals surface area contributed by atoms with E-state index in [4.69, 9.17) is 14.2 Å². The molecular weight excluding hydrogens is 408 g/mol. The molecule has 0 bridgehead atoms. The summed E-state index contributed by atoms with van der Waals surface area (Å²) < 4.78 is 15.9. The molecule has 0 radical (unpaired) electrons. The number of aromatic nitrogens is 2. The standard InChI is InChI=1S/C24H22N4O4/c1-30-20-13-22(32-3)21(31-2)12-17(20)14-25-28-24(29)16-9-10-18-19(11-16)27-23(26-18)15-7-5-4-6-8-15/h4-14H,1-3H3,(H,26,27)(H,28,29)/b25-14+. The number of amides is 1. The average molecular weight is 430 g/mol. The molecule has 0 saturated heterocycles. The lowest BCUT2D eigenvalue weighted by atomic mass is 10.2. The molecule has 0 fully saturated rings. The number of rotatable bonds is 7. The van der Waals surface area contributed by atoms with Gasteiger partial charge in [0.2, 0.25) is 0 Å². The Balaban J connectivity index is 1.52. The van der Waals surface area contributed by atoms with Gasteiger partial charge in [-0.15, -0.1) is 0 Å². The molecule has 0 spiro atoms. The molecule has 32 heavy (non-hydrogen) atoms. The minimum atomic E-state index is -0.349. The molecular formula is C24H22N4O4. The Morgan fingerprint density at radius 1 is 0.938 bits per heavy atom. The van der Waals surface area contributed by atoms with E-state index in [1.807, 2.05) is 30.3 Å². The highest BCUT2D eigenvalue weighted by Gasteiger charge is 2.12. The normalized spacial score (nSPS) is 11.0. The highest BCUT2D eigenvalue weighted by Crippen LogP contribution is 2.33. The molecule has 0 aliphatic carbocycles. The van der Waals surface area contributed by atoms with Gasteiger partial charge in [-0.25, -0.2) is 10.4 Å². The van der Waals surface area contributed by atoms with Crippen LogP contribution in [0.15, 0.2) is 65.8 Å². The molecule has 0 saturated carbocycles. The molecule has 0 atom stereocenters. The van der Waals surface area contributed by atoms with Crippen LogP contribution in [-0.4, -0.2) is 43.4 Å². The predicted octanol–water partition coefficient (Wildman–Crippen LogP) is 4.02. The number of hydrazone groups is 1. The Kier molecular flexibility index (Phi) is 6.03. The number of methoxy groups -OCH3 is 3. The number of carbonyl (C=O) groups is 1. The minimum absolute atomic E-state index is 0.349. The highest BCUT2D eigenvalue weighted by atomic mass is 16.5. The van der Waals surface area contributed by atoms with Crippen LogP contribution in [0.4, 0.5) is 0 Å². The number of fused-ring (bicyclic) bond motifs is 1. The summed E-state index contributed by atoms with van der Waals surface area (Å²) in [6.45, 7) is 0. The van der Waals surface area contributed by atoms with Gasteiger partial charge in [0.05, 0.1) is 38.6 Å². The first-order valence-corrected chi connectivity index (χ1v) is 9.81. The van der Waals surface area contributed by atoms with Crippen LogP contribution in [-0.2, 0) is 0 Å². The van der Waals surface area contributed by atoms with Crippen LogP contribution in [0.5, 0.6) is 17.2 Å². The van der Waals surface area contributed by atoms with Gasteiger partial charge in [-0.2, -0.15) is 5.10 Å². The highest BCUT2D eigenvalue weighted by molar-refractivity contribution is 5.98. The number of nitrogens with zero attached hydrogens (tertiary/aromatic N) is 2. The smallest absolute Gasteiger partial charge is 0.271 e. The van der Waals surface area contributed by atoms with E-state index in [-0.39, 0.29) is 5.91 Å². The van der Waals surface area contributed by atoms with E-state index in [1.165, 1.54) is 6.21 Å². The Labute approximate surface area is 184 Å². The zero-order chi connectivity index (χ0) is 22.5. The maximum Gasteiger partial charge on any atom is 0.271 e. The van der Waals surface area contributed by atoms with Crippen molar-refractivity contribution in [3.05, 3.63) is 71.8 Å². The van der Waals surface area contributed by atoms with E-state index in [0.29, 0.717) is 28.4 Å². The van der Waals surface area contributed by atoms with Crippen LogP contribution in [0.3, 0.4) is 0 Å². The van der Waals surface area contributed by atoms with Gasteiger partial charge in [0.25, 0.3) is 5.91 Å². The van der Waals surface area contributed by atoms with Gasteiger partial charge in [-0.3, -0.25) is 4.79 Å². The predicted molar refractivity (Wildman–Crippen MR) is 123 cm³/mol. The molecule has 0 aliphatic rings. The van der Waals surface area contributed by atoms with Crippen molar-refractivity contribution >= 4 is 23.2 Å². The number of H-pyrrole nitrogens is 1. The lowest BCUT2D eigenvalue weighted by Gasteiger charge is -2.11. The Morgan fingerprint density at radius 3 is 2.38 bits per heavy atom. The summed E-state index contributed by atoms with van der Waals surface area (Å²) in [4.78, 5) is 20.4. The molecule has 1 heterocycles. The first-order valence-electron chi connectivity index (χ1n) is 9.81. The molecule has 162 valence electrons. The Bertz CT molecular complexity index is 1280. The van der Waals surface area contributed by atoms with Gasteiger partial charge in [0.15, 0.2) is 11.5 Å². The van der Waals surface area contributed by atoms with E-state index >= 15 is 0 Å². The molecule has 8 nitrogen and oxygen atoms in total. The Hall–Kier alpha value is -4.33. The van der Waals surface area contributed by atoms with E-state index in [2.05, 4.69) is 20.5 Å². The number of hydrogen-bond donors (Lipinski definition) is 2. The molecule has 1 aromatic heterocycles. The summed E-state index contributed by atoms with van der Waals surface area (Å²) in [5.41, 5.74) is 6.14. The third-order valence-electron chi connectivity index (χ3n) is 4.90. The zero-order valence-electron chi connectivity index (χ0n) is 17.9. The number of benzene rings is 3. The number of ether oxygens (including phenoxy) is 3. The van der Waals surface area contributed by atoms with Crippen molar-refractivity contribution < 1.29 is 19.0 Å². The molecule has 8 heteroatoms. The lowest BCUT2D eigenvalue weighted by molar-refractivity contribution is 0.0955. The van der Waals surface area contributed by atoms with Crippen LogP contribution in [0.1, 0.15) is 15.9 Å². The van der Waals surface area contributed by atoms with Crippen molar-refractivity contribution in [1.29, 1.82) is 0 Å². The second-order valence-corrected chi connectivity index (χ2v) is 6.83. The van der Waals surface area contributed by atoms with Crippen molar-refractivity contribution in [1.82, 2.24) is 15.4 Å². The number of imidazole rings is 1. The van der Waals surface area contributed by atoms with Gasteiger partial charge in [0, 0.05) is 22.8 Å². The number of aromatic amines is 1. The average Bonchev–Trinajstić information content (AvgIpc) is 3.27. The fraction of sp³-hybridized carbons (Fsp3) is 0.125. The van der Waals surface area contributed by atoms with Crippen molar-refractivity contribution in [2.75, 3.05) is 21.3 Å². The SMILES string of the molecule is COc1cc(OC)c(OC)cc1/C=N/NC(=O)c1ccc2nc(-c3ccccc3)[nH]c2c1. The summed E-state index contributed by atoms with van der Waals surface area (Å²) in [6, 6.07) is 18.5. The van der Waals surface area contributed by atoms with E-state index in [0.717, 1.165) is 22.4 Å². The number of hydrogen-bond acceptors (Lipinski definition) is 6. The van der Waals surface area contributed by atoms with Crippen molar-refractivity contribution in [3.8, 4) is 28.6 Å². The van der Waals surface area contributed by atoms with Crippen LogP contribution in [0.25, 0.3) is 22.4 Å². The third kappa shape index (κ3) is 4.24. The fourth-order valence-electron chi connectivity index (χ4n) is 3.26. The quantitative estimate of drug-likeness (QED) is 0.341. The summed E-state index contributed by atoms with van der Waals surface area (Å²) in [5, 5.41) is 4.06. The van der Waals surface area contributed by atoms with Gasteiger partial charge < -0.3 is 19.2 Å². The van der Waals surface area contributed by atoms with Crippen LogP contribution >= 0.6 is 0 Å². The van der Waals surface area contributed by atoms with Crippen molar-refractivity contribution in [3.63, 3.8) is 0 Å². The summed E-state index contributed by atoms with van der Waals surface area (Å²) in [5.74, 6) is 2.00. The summed E-state index contributed by atoms with van der Waals surface area (Å²) in [6.07, 6.45) is 1.49. The molecule has 2 N–H and O–H groups in total. The first kappa shape index (κ1) is 20.9. The molecule has 1 amide bonds. The second-order valence-electron chi connectivity index (χ2n) is 6.83. The zero-order valence-corrected chi connectivity index (χ0v) is 17.9. The van der Waals surface area contributed by atoms with E-state index < -0.39 is 0 Å². The largest absolute Gasteiger partial charge is 0.496 e. The molecule has 0 unspecified atom stereocenters. The second kappa shape index (κ2) is 9.22. The lowest BCUT2D eigenvalue weighted by Crippen LogP contribution is -2.17. The van der Waals surface area contributed by atoms with Gasteiger partial charge in [-0.05, 0) is 24.3 Å². The number of nitrogens with one attached hydrogen (secondary N) is 2. The molecule has 4 aromatic rings. The maximum atomic E-state index is 12.6. The maximum absolute atomic E-state index is 12.6. The van der Waals surface area contributed by atoms with Gasteiger partial charge >= 0.3 is 0 Å². The van der Waals surface area contributed by atoms with E-state index in [1.54, 1.807) is 51.7 Å². The van der Waals surface area contributed by atoms with Crippen LogP contribution < -0.4 is 19.6 Å². The monoisotopic (exact) mass is 430 g/mol. The van der Waals surface area contributed by atoms with Crippen molar-refractivity contribution in [2.24, 2.45) is 5.10 Å². The number of carbonyl (C=O) groups excluding carboxylic acids is 1. The molecule has 0 aliphatic heterocycles. The van der Waals surface area contributed by atoms with Crippen molar-refractivity contribution in [2.45, 2.75) is 0 Å². The Morgan fingerprint density at radius 2 is 1.66 bits per heavy atom. The van der Waals surface area contributed by atoms with Gasteiger partial charge in [0.1, 0.15) is 11.6 Å². The minimum Gasteiger partial charge on any atom is -0.496 e. The molecule has 4 rings (SSSR count). The van der Waals surface area contributed by atoms with Crippen LogP contribution in [0, 0.1) is 0 Å². The molecule has 3 aromatic carbocycles. The van der Waals surface area contributed by atoms with E-state index in [9.17, 15) is 4.79 Å². The fourth-order valence-corrected chi connectivity index (χ4v) is 3.26. The summed E-state index contributed by atoms with van der Waals surface area (Å²) >= 11 is 0. The topological polar surface area (TPSA) is 97.8 Å². The van der Waals surface area contributed by atoms with Gasteiger partial charge in [-0.1, -0.05) is 30.3 Å².